The molecule has 2 nitrogen and oxygen atoms in total. The Bertz CT molecular complexity index is 547. The number of aromatic nitrogens is 2. The molecule has 0 fully saturated rings. The standard InChI is InChI=1S/C13H18N2S/c1-4-10(5-2)15-11-8-6-7-9(3)12(11)14-13(15)16/h6-8,10H,4-5H2,1-3H3,(H,14,16). The van der Waals surface area contributed by atoms with Gasteiger partial charge in [-0.15, -0.1) is 0 Å². The van der Waals surface area contributed by atoms with Crippen LogP contribution >= 0.6 is 12.2 Å². The molecule has 0 aliphatic carbocycles. The predicted octanol–water partition coefficient (Wildman–Crippen LogP) is 4.37. The molecule has 86 valence electrons. The van der Waals surface area contributed by atoms with Gasteiger partial charge in [0.1, 0.15) is 0 Å². The monoisotopic (exact) mass is 234 g/mol. The molecule has 0 unspecified atom stereocenters. The van der Waals surface area contributed by atoms with Gasteiger partial charge in [0.25, 0.3) is 0 Å². The summed E-state index contributed by atoms with van der Waals surface area (Å²) in [6, 6.07) is 6.86. The highest BCUT2D eigenvalue weighted by Crippen LogP contribution is 2.25. The molecule has 16 heavy (non-hydrogen) atoms. The minimum absolute atomic E-state index is 0.503. The molecule has 0 spiro atoms. The maximum absolute atomic E-state index is 5.43. The summed E-state index contributed by atoms with van der Waals surface area (Å²) < 4.78 is 3.11. The fourth-order valence-corrected chi connectivity index (χ4v) is 2.66. The fourth-order valence-electron chi connectivity index (χ4n) is 2.31. The van der Waals surface area contributed by atoms with E-state index < -0.39 is 0 Å². The molecule has 0 aliphatic rings. The molecule has 0 saturated carbocycles. The first-order valence-electron chi connectivity index (χ1n) is 5.88. The molecule has 1 heterocycles. The SMILES string of the molecule is CCC(CC)n1c(=S)[nH]c2c(C)cccc21. The lowest BCUT2D eigenvalue weighted by Crippen LogP contribution is -2.06. The van der Waals surface area contributed by atoms with Crippen molar-refractivity contribution in [2.45, 2.75) is 39.7 Å². The average molecular weight is 234 g/mol. The molecule has 2 aromatic rings. The summed E-state index contributed by atoms with van der Waals surface area (Å²) in [5, 5.41) is 0. The number of benzene rings is 1. The zero-order valence-corrected chi connectivity index (χ0v) is 10.9. The lowest BCUT2D eigenvalue weighted by Gasteiger charge is -2.15. The molecule has 0 saturated heterocycles. The van der Waals surface area contributed by atoms with Gasteiger partial charge in [-0.05, 0) is 43.6 Å². The van der Waals surface area contributed by atoms with Crippen molar-refractivity contribution in [2.75, 3.05) is 0 Å². The van der Waals surface area contributed by atoms with E-state index in [-0.39, 0.29) is 0 Å². The predicted molar refractivity (Wildman–Crippen MR) is 71.5 cm³/mol. The molecule has 1 N–H and O–H groups in total. The number of aryl methyl sites for hydroxylation is 1. The van der Waals surface area contributed by atoms with Crippen LogP contribution in [0.15, 0.2) is 18.2 Å². The Labute approximate surface area is 101 Å². The Morgan fingerprint density at radius 1 is 1.31 bits per heavy atom. The van der Waals surface area contributed by atoms with Crippen molar-refractivity contribution in [3.63, 3.8) is 0 Å². The minimum Gasteiger partial charge on any atom is -0.330 e. The smallest absolute Gasteiger partial charge is 0.178 e. The second kappa shape index (κ2) is 4.42. The Balaban J connectivity index is 2.74. The van der Waals surface area contributed by atoms with E-state index in [0.717, 1.165) is 17.6 Å². The molecule has 3 heteroatoms. The summed E-state index contributed by atoms with van der Waals surface area (Å²) in [6.45, 7) is 6.54. The van der Waals surface area contributed by atoms with E-state index in [1.807, 2.05) is 0 Å². The number of nitrogens with one attached hydrogen (secondary N) is 1. The van der Waals surface area contributed by atoms with Crippen molar-refractivity contribution in [2.24, 2.45) is 0 Å². The number of rotatable bonds is 3. The molecule has 0 amide bonds. The lowest BCUT2D eigenvalue weighted by atomic mass is 10.1. The third-order valence-corrected chi connectivity index (χ3v) is 3.57. The first-order valence-corrected chi connectivity index (χ1v) is 6.29. The van der Waals surface area contributed by atoms with Crippen LogP contribution in [0.4, 0.5) is 0 Å². The number of hydrogen-bond acceptors (Lipinski definition) is 1. The normalized spacial score (nSPS) is 11.5. The van der Waals surface area contributed by atoms with Crippen molar-refractivity contribution >= 4 is 23.3 Å². The van der Waals surface area contributed by atoms with Gasteiger partial charge < -0.3 is 9.55 Å². The van der Waals surface area contributed by atoms with Crippen molar-refractivity contribution < 1.29 is 0 Å². The highest BCUT2D eigenvalue weighted by atomic mass is 32.1. The Kier molecular flexibility index (Phi) is 3.15. The molecule has 0 bridgehead atoms. The number of para-hydroxylation sites is 1. The van der Waals surface area contributed by atoms with Crippen molar-refractivity contribution in [3.05, 3.63) is 28.5 Å². The molecular formula is C13H18N2S. The largest absolute Gasteiger partial charge is 0.330 e. The van der Waals surface area contributed by atoms with Gasteiger partial charge in [-0.25, -0.2) is 0 Å². The summed E-state index contributed by atoms with van der Waals surface area (Å²) in [4.78, 5) is 3.32. The summed E-state index contributed by atoms with van der Waals surface area (Å²) in [5.74, 6) is 0. The molecule has 1 aromatic heterocycles. The average Bonchev–Trinajstić information content (AvgIpc) is 2.60. The molecule has 0 radical (unpaired) electrons. The van der Waals surface area contributed by atoms with Crippen LogP contribution in [0, 0.1) is 11.7 Å². The van der Waals surface area contributed by atoms with Crippen LogP contribution in [0.2, 0.25) is 0 Å². The van der Waals surface area contributed by atoms with Crippen molar-refractivity contribution in [3.8, 4) is 0 Å². The zero-order valence-electron chi connectivity index (χ0n) is 10.1. The van der Waals surface area contributed by atoms with Gasteiger partial charge in [-0.1, -0.05) is 26.0 Å². The number of hydrogen-bond donors (Lipinski definition) is 1. The van der Waals surface area contributed by atoms with E-state index in [2.05, 4.69) is 48.5 Å². The van der Waals surface area contributed by atoms with Crippen LogP contribution < -0.4 is 0 Å². The first kappa shape index (κ1) is 11.4. The second-order valence-electron chi connectivity index (χ2n) is 4.24. The van der Waals surface area contributed by atoms with Gasteiger partial charge >= 0.3 is 0 Å². The van der Waals surface area contributed by atoms with Gasteiger partial charge in [-0.2, -0.15) is 0 Å². The van der Waals surface area contributed by atoms with E-state index in [0.29, 0.717) is 6.04 Å². The van der Waals surface area contributed by atoms with Crippen LogP contribution in [0.25, 0.3) is 11.0 Å². The summed E-state index contributed by atoms with van der Waals surface area (Å²) >= 11 is 5.43. The number of aromatic amines is 1. The van der Waals surface area contributed by atoms with Gasteiger partial charge in [-0.3, -0.25) is 0 Å². The number of nitrogens with zero attached hydrogens (tertiary/aromatic N) is 1. The highest BCUT2D eigenvalue weighted by Gasteiger charge is 2.12. The molecule has 1 aromatic carbocycles. The Morgan fingerprint density at radius 2 is 2.00 bits per heavy atom. The van der Waals surface area contributed by atoms with Crippen molar-refractivity contribution in [1.29, 1.82) is 0 Å². The van der Waals surface area contributed by atoms with E-state index >= 15 is 0 Å². The third-order valence-electron chi connectivity index (χ3n) is 3.27. The Morgan fingerprint density at radius 3 is 2.62 bits per heavy atom. The van der Waals surface area contributed by atoms with Crippen LogP contribution in [-0.2, 0) is 0 Å². The third kappa shape index (κ3) is 1.69. The number of fused-ring (bicyclic) bond motifs is 1. The molecule has 2 rings (SSSR count). The quantitative estimate of drug-likeness (QED) is 0.782. The minimum atomic E-state index is 0.503. The van der Waals surface area contributed by atoms with Crippen LogP contribution in [-0.4, -0.2) is 9.55 Å². The first-order chi connectivity index (χ1) is 7.69. The summed E-state index contributed by atoms with van der Waals surface area (Å²) in [5.41, 5.74) is 3.67. The van der Waals surface area contributed by atoms with Gasteiger partial charge in [0.2, 0.25) is 0 Å². The topological polar surface area (TPSA) is 20.7 Å². The highest BCUT2D eigenvalue weighted by molar-refractivity contribution is 7.71. The van der Waals surface area contributed by atoms with E-state index in [1.165, 1.54) is 16.6 Å². The lowest BCUT2D eigenvalue weighted by molar-refractivity contribution is 0.478. The molecule has 0 atom stereocenters. The van der Waals surface area contributed by atoms with Crippen LogP contribution in [0.3, 0.4) is 0 Å². The maximum atomic E-state index is 5.43. The summed E-state index contributed by atoms with van der Waals surface area (Å²) in [6.07, 6.45) is 2.23. The van der Waals surface area contributed by atoms with Crippen LogP contribution in [0.1, 0.15) is 38.3 Å². The van der Waals surface area contributed by atoms with Crippen molar-refractivity contribution in [1.82, 2.24) is 9.55 Å². The second-order valence-corrected chi connectivity index (χ2v) is 4.63. The van der Waals surface area contributed by atoms with E-state index in [4.69, 9.17) is 12.2 Å². The van der Waals surface area contributed by atoms with E-state index in [9.17, 15) is 0 Å². The zero-order chi connectivity index (χ0) is 11.7. The van der Waals surface area contributed by atoms with Gasteiger partial charge in [0.15, 0.2) is 4.77 Å². The number of H-pyrrole nitrogens is 1. The van der Waals surface area contributed by atoms with Crippen LogP contribution in [0.5, 0.6) is 0 Å². The Hall–Kier alpha value is -1.09. The number of imidazole rings is 1. The molecular weight excluding hydrogens is 216 g/mol. The fraction of sp³-hybridized carbons (Fsp3) is 0.462. The molecule has 0 aliphatic heterocycles. The van der Waals surface area contributed by atoms with Gasteiger partial charge in [0.05, 0.1) is 11.0 Å². The van der Waals surface area contributed by atoms with Gasteiger partial charge in [0, 0.05) is 6.04 Å². The maximum Gasteiger partial charge on any atom is 0.178 e. The summed E-state index contributed by atoms with van der Waals surface area (Å²) in [7, 11) is 0. The van der Waals surface area contributed by atoms with E-state index in [1.54, 1.807) is 0 Å².